The van der Waals surface area contributed by atoms with Gasteiger partial charge in [-0.3, -0.25) is 0 Å². The number of rotatable bonds is 4. The smallest absolute Gasteiger partial charge is 0.0727 e. The summed E-state index contributed by atoms with van der Waals surface area (Å²) in [6, 6.07) is 21.9. The molecule has 3 aliphatic carbocycles. The average molecular weight is 433 g/mol. The highest BCUT2D eigenvalue weighted by molar-refractivity contribution is 6.87. The first kappa shape index (κ1) is 21.0. The number of hydrogen-bond donors (Lipinski definition) is 0. The van der Waals surface area contributed by atoms with Gasteiger partial charge in [-0.15, -0.1) is 0 Å². The van der Waals surface area contributed by atoms with Gasteiger partial charge in [0.15, 0.2) is 0 Å². The zero-order chi connectivity index (χ0) is 22.3. The molecule has 0 fully saturated rings. The fourth-order valence-electron chi connectivity index (χ4n) is 6.11. The number of hydrogen-bond acceptors (Lipinski definition) is 0. The molecule has 0 saturated carbocycles. The van der Waals surface area contributed by atoms with Gasteiger partial charge in [0.05, 0.1) is 8.07 Å². The molecule has 0 bridgehead atoms. The van der Waals surface area contributed by atoms with Crippen molar-refractivity contribution in [3.05, 3.63) is 136 Å². The molecule has 0 aromatic heterocycles. The fourth-order valence-corrected chi connectivity index (χ4v) is 10.5. The summed E-state index contributed by atoms with van der Waals surface area (Å²) < 4.78 is 0. The minimum atomic E-state index is -1.78. The van der Waals surface area contributed by atoms with E-state index in [1.54, 1.807) is 16.3 Å². The van der Waals surface area contributed by atoms with Crippen molar-refractivity contribution in [3.63, 3.8) is 0 Å². The Morgan fingerprint density at radius 1 is 0.781 bits per heavy atom. The van der Waals surface area contributed by atoms with Crippen LogP contribution in [0.2, 0.25) is 18.6 Å². The SMILES string of the molecule is CC1=CC2=C(C=CC=CC2c2ccccc2)C1[Si](C)(C)C1=C(C)C=C(c2ccccc2)C1. The quantitative estimate of drug-likeness (QED) is 0.424. The molecule has 2 unspecified atom stereocenters. The second-order valence-corrected chi connectivity index (χ2v) is 14.6. The van der Waals surface area contributed by atoms with E-state index in [1.165, 1.54) is 27.8 Å². The van der Waals surface area contributed by atoms with E-state index in [1.807, 2.05) is 0 Å². The van der Waals surface area contributed by atoms with Crippen LogP contribution < -0.4 is 0 Å². The molecule has 0 spiro atoms. The van der Waals surface area contributed by atoms with Crippen molar-refractivity contribution in [1.29, 1.82) is 0 Å². The van der Waals surface area contributed by atoms with E-state index in [2.05, 4.69) is 124 Å². The van der Waals surface area contributed by atoms with Crippen LogP contribution in [-0.4, -0.2) is 8.07 Å². The molecule has 5 rings (SSSR count). The van der Waals surface area contributed by atoms with Gasteiger partial charge in [0.25, 0.3) is 0 Å². The summed E-state index contributed by atoms with van der Waals surface area (Å²) in [4.78, 5) is 0. The van der Waals surface area contributed by atoms with Crippen molar-refractivity contribution in [2.24, 2.45) is 0 Å². The zero-order valence-corrected chi connectivity index (χ0v) is 20.6. The molecule has 2 aromatic carbocycles. The third kappa shape index (κ3) is 3.55. The van der Waals surface area contributed by atoms with E-state index in [9.17, 15) is 0 Å². The molecule has 32 heavy (non-hydrogen) atoms. The molecule has 0 heterocycles. The van der Waals surface area contributed by atoms with Crippen LogP contribution in [0.3, 0.4) is 0 Å². The van der Waals surface area contributed by atoms with Gasteiger partial charge in [-0.1, -0.05) is 127 Å². The molecule has 0 saturated heterocycles. The van der Waals surface area contributed by atoms with Crippen molar-refractivity contribution in [2.75, 3.05) is 0 Å². The van der Waals surface area contributed by atoms with Gasteiger partial charge in [0.1, 0.15) is 0 Å². The molecule has 2 atom stereocenters. The summed E-state index contributed by atoms with van der Waals surface area (Å²) in [5.74, 6) is 0.336. The standard InChI is InChI=1S/C31H32Si/c1-22-19-26(24-13-7-5-8-14-24)21-30(22)32(3,4)31-23(2)20-29-27(17-11-12-18-28(29)31)25-15-9-6-10-16-25/h5-20,27,31H,21H2,1-4H3. The van der Waals surface area contributed by atoms with Crippen LogP contribution in [0.15, 0.2) is 125 Å². The third-order valence-corrected chi connectivity index (χ3v) is 11.9. The van der Waals surface area contributed by atoms with E-state index in [0.29, 0.717) is 11.5 Å². The van der Waals surface area contributed by atoms with Crippen molar-refractivity contribution >= 4 is 13.6 Å². The highest BCUT2D eigenvalue weighted by Gasteiger charge is 2.43. The minimum absolute atomic E-state index is 0.336. The number of allylic oxidation sites excluding steroid dienone is 12. The van der Waals surface area contributed by atoms with Crippen molar-refractivity contribution in [3.8, 4) is 0 Å². The summed E-state index contributed by atoms with van der Waals surface area (Å²) in [5.41, 5.74) is 10.9. The Balaban J connectivity index is 1.51. The van der Waals surface area contributed by atoms with Crippen molar-refractivity contribution in [1.82, 2.24) is 0 Å². The van der Waals surface area contributed by atoms with Gasteiger partial charge >= 0.3 is 0 Å². The van der Waals surface area contributed by atoms with Gasteiger partial charge in [-0.25, -0.2) is 0 Å². The normalized spacial score (nSPS) is 22.8. The van der Waals surface area contributed by atoms with Gasteiger partial charge in [0.2, 0.25) is 0 Å². The van der Waals surface area contributed by atoms with E-state index in [4.69, 9.17) is 0 Å². The molecule has 0 nitrogen and oxygen atoms in total. The molecule has 0 aliphatic heterocycles. The Morgan fingerprint density at radius 3 is 2.19 bits per heavy atom. The Bertz CT molecular complexity index is 1210. The van der Waals surface area contributed by atoms with E-state index < -0.39 is 8.07 Å². The van der Waals surface area contributed by atoms with Crippen molar-refractivity contribution < 1.29 is 0 Å². The van der Waals surface area contributed by atoms with Gasteiger partial charge < -0.3 is 0 Å². The molecular formula is C31H32Si. The van der Waals surface area contributed by atoms with Gasteiger partial charge in [-0.2, -0.15) is 0 Å². The Labute approximate surface area is 194 Å². The highest BCUT2D eigenvalue weighted by atomic mass is 28.3. The summed E-state index contributed by atoms with van der Waals surface area (Å²) in [6.07, 6.45) is 15.3. The molecule has 1 heteroatoms. The van der Waals surface area contributed by atoms with Crippen LogP contribution in [0.25, 0.3) is 5.57 Å². The first-order valence-corrected chi connectivity index (χ1v) is 14.8. The lowest BCUT2D eigenvalue weighted by Gasteiger charge is -2.35. The molecule has 160 valence electrons. The molecular weight excluding hydrogens is 400 g/mol. The first-order chi connectivity index (χ1) is 15.5. The van der Waals surface area contributed by atoms with Crippen LogP contribution in [0, 0.1) is 0 Å². The highest BCUT2D eigenvalue weighted by Crippen LogP contribution is 2.53. The van der Waals surface area contributed by atoms with Crippen LogP contribution in [0.4, 0.5) is 0 Å². The van der Waals surface area contributed by atoms with Gasteiger partial charge in [-0.05, 0) is 48.1 Å². The van der Waals surface area contributed by atoms with Gasteiger partial charge in [0, 0.05) is 11.5 Å². The van der Waals surface area contributed by atoms with Crippen LogP contribution in [0.5, 0.6) is 0 Å². The first-order valence-electron chi connectivity index (χ1n) is 11.7. The average Bonchev–Trinajstić information content (AvgIpc) is 3.29. The minimum Gasteiger partial charge on any atom is -0.0727 e. The molecule has 0 amide bonds. The lowest BCUT2D eigenvalue weighted by molar-refractivity contribution is 1.01. The largest absolute Gasteiger partial charge is 0.0880 e. The summed E-state index contributed by atoms with van der Waals surface area (Å²) in [5, 5.41) is 1.71. The maximum absolute atomic E-state index is 2.59. The molecule has 0 radical (unpaired) electrons. The number of benzene rings is 2. The predicted molar refractivity (Wildman–Crippen MR) is 141 cm³/mol. The Morgan fingerprint density at radius 2 is 1.47 bits per heavy atom. The maximum Gasteiger partial charge on any atom is 0.0880 e. The zero-order valence-electron chi connectivity index (χ0n) is 19.6. The molecule has 2 aromatic rings. The monoisotopic (exact) mass is 432 g/mol. The lowest BCUT2D eigenvalue weighted by Crippen LogP contribution is -2.36. The fraction of sp³-hybridized carbons (Fsp3) is 0.226. The maximum atomic E-state index is 2.59. The Hall–Kier alpha value is -2.90. The molecule has 0 N–H and O–H groups in total. The summed E-state index contributed by atoms with van der Waals surface area (Å²) >= 11 is 0. The Kier molecular flexibility index (Phi) is 5.39. The van der Waals surface area contributed by atoms with E-state index in [-0.39, 0.29) is 0 Å². The van der Waals surface area contributed by atoms with Crippen LogP contribution >= 0.6 is 0 Å². The van der Waals surface area contributed by atoms with Crippen molar-refractivity contribution in [2.45, 2.75) is 44.8 Å². The molecule has 3 aliphatic rings. The predicted octanol–water partition coefficient (Wildman–Crippen LogP) is 8.57. The van der Waals surface area contributed by atoms with E-state index in [0.717, 1.165) is 6.42 Å². The second-order valence-electron chi connectivity index (χ2n) is 9.96. The summed E-state index contributed by atoms with van der Waals surface area (Å²) in [7, 11) is -1.78. The lowest BCUT2D eigenvalue weighted by atomic mass is 9.90. The second kappa shape index (κ2) is 8.22. The third-order valence-electron chi connectivity index (χ3n) is 7.55. The van der Waals surface area contributed by atoms with Crippen LogP contribution in [0.1, 0.15) is 37.3 Å². The summed E-state index contributed by atoms with van der Waals surface area (Å²) in [6.45, 7) is 9.88. The van der Waals surface area contributed by atoms with E-state index >= 15 is 0 Å². The topological polar surface area (TPSA) is 0 Å². The van der Waals surface area contributed by atoms with Crippen LogP contribution in [-0.2, 0) is 0 Å².